The van der Waals surface area contributed by atoms with Crippen LogP contribution in [0.25, 0.3) is 5.70 Å². The largest absolute Gasteiger partial charge is 0.298 e. The Morgan fingerprint density at radius 2 is 2.07 bits per heavy atom. The van der Waals surface area contributed by atoms with E-state index < -0.39 is 6.17 Å². The van der Waals surface area contributed by atoms with Gasteiger partial charge >= 0.3 is 0 Å². The van der Waals surface area contributed by atoms with Crippen LogP contribution in [0.15, 0.2) is 58.6 Å². The van der Waals surface area contributed by atoms with Crippen molar-refractivity contribution in [3.63, 3.8) is 0 Å². The summed E-state index contributed by atoms with van der Waals surface area (Å²) >= 11 is 1.51. The molecule has 2 heterocycles. The molecular formula is C20H19FN4OS. The van der Waals surface area contributed by atoms with Crippen LogP contribution in [0.2, 0.25) is 0 Å². The van der Waals surface area contributed by atoms with Crippen molar-refractivity contribution in [1.82, 2.24) is 10.3 Å². The Morgan fingerprint density at radius 3 is 2.89 bits per heavy atom. The zero-order valence-corrected chi connectivity index (χ0v) is 15.7. The fourth-order valence-electron chi connectivity index (χ4n) is 3.09. The molecule has 0 fully saturated rings. The lowest BCUT2D eigenvalue weighted by molar-refractivity contribution is -0.116. The van der Waals surface area contributed by atoms with Gasteiger partial charge in [-0.05, 0) is 24.6 Å². The first-order chi connectivity index (χ1) is 13.2. The van der Waals surface area contributed by atoms with Gasteiger partial charge in [0, 0.05) is 16.5 Å². The van der Waals surface area contributed by atoms with E-state index in [9.17, 15) is 9.18 Å². The normalized spacial score (nSPS) is 18.2. The molecule has 5 nitrogen and oxygen atoms in total. The van der Waals surface area contributed by atoms with Gasteiger partial charge in [0.25, 0.3) is 5.91 Å². The summed E-state index contributed by atoms with van der Waals surface area (Å²) in [6.07, 6.45) is 1.53. The highest BCUT2D eigenvalue weighted by molar-refractivity contribution is 8.13. The molecule has 0 bridgehead atoms. The van der Waals surface area contributed by atoms with Crippen LogP contribution in [0.5, 0.6) is 0 Å². The van der Waals surface area contributed by atoms with Crippen molar-refractivity contribution in [1.29, 1.82) is 0 Å². The molecule has 0 spiro atoms. The van der Waals surface area contributed by atoms with Gasteiger partial charge in [0.15, 0.2) is 11.3 Å². The third-order valence-corrected chi connectivity index (χ3v) is 5.35. The van der Waals surface area contributed by atoms with E-state index in [2.05, 4.69) is 17.3 Å². The molecule has 138 valence electrons. The lowest BCUT2D eigenvalue weighted by Gasteiger charge is -2.34. The monoisotopic (exact) mass is 382 g/mol. The molecule has 27 heavy (non-hydrogen) atoms. The maximum Gasteiger partial charge on any atom is 0.276 e. The molecule has 0 saturated carbocycles. The van der Waals surface area contributed by atoms with Crippen LogP contribution >= 0.6 is 11.8 Å². The third kappa shape index (κ3) is 3.47. The van der Waals surface area contributed by atoms with Gasteiger partial charge < -0.3 is 0 Å². The Kier molecular flexibility index (Phi) is 4.94. The molecule has 2 aromatic carbocycles. The van der Waals surface area contributed by atoms with Gasteiger partial charge in [0.1, 0.15) is 11.5 Å². The van der Waals surface area contributed by atoms with E-state index in [0.29, 0.717) is 21.8 Å². The number of hydrazone groups is 1. The second-order valence-electron chi connectivity index (χ2n) is 6.33. The number of fused-ring (bicyclic) bond motifs is 2. The molecule has 1 amide bonds. The zero-order valence-electron chi connectivity index (χ0n) is 14.9. The summed E-state index contributed by atoms with van der Waals surface area (Å²) in [6.45, 7) is 2.12. The summed E-state index contributed by atoms with van der Waals surface area (Å²) in [7, 11) is 0. The van der Waals surface area contributed by atoms with Crippen molar-refractivity contribution in [2.45, 2.75) is 25.9 Å². The highest BCUT2D eigenvalue weighted by atomic mass is 32.2. The summed E-state index contributed by atoms with van der Waals surface area (Å²) < 4.78 is 13.8. The molecule has 7 heteroatoms. The molecule has 0 radical (unpaired) electrons. The van der Waals surface area contributed by atoms with E-state index in [0.717, 1.165) is 23.8 Å². The highest BCUT2D eigenvalue weighted by Gasteiger charge is 2.34. The van der Waals surface area contributed by atoms with Gasteiger partial charge in [-0.15, -0.1) is 5.10 Å². The van der Waals surface area contributed by atoms with Crippen LogP contribution in [0.4, 0.5) is 4.39 Å². The minimum Gasteiger partial charge on any atom is -0.298 e. The number of carbonyl (C=O) groups excluding carboxylic acids is 1. The average molecular weight is 382 g/mol. The average Bonchev–Trinajstić information content (AvgIpc) is 2.67. The summed E-state index contributed by atoms with van der Waals surface area (Å²) in [5, 5.41) is 11.1. The van der Waals surface area contributed by atoms with Crippen molar-refractivity contribution in [2.75, 3.05) is 5.75 Å². The topological polar surface area (TPSA) is 57.1 Å². The SMILES string of the molecule is CCCCSC1=NN2C(=c3ccccc3=NC2c2cccc(F)c2)C(=O)N1. The number of rotatable bonds is 4. The predicted molar refractivity (Wildman–Crippen MR) is 105 cm³/mol. The lowest BCUT2D eigenvalue weighted by atomic mass is 10.1. The lowest BCUT2D eigenvalue weighted by Crippen LogP contribution is -2.50. The van der Waals surface area contributed by atoms with E-state index >= 15 is 0 Å². The summed E-state index contributed by atoms with van der Waals surface area (Å²) in [4.78, 5) is 17.6. The molecule has 2 aromatic rings. The second-order valence-corrected chi connectivity index (χ2v) is 7.41. The maximum absolute atomic E-state index is 13.8. The van der Waals surface area contributed by atoms with Crippen molar-refractivity contribution in [3.05, 3.63) is 70.5 Å². The highest BCUT2D eigenvalue weighted by Crippen LogP contribution is 2.30. The van der Waals surface area contributed by atoms with Gasteiger partial charge in [0.2, 0.25) is 0 Å². The van der Waals surface area contributed by atoms with Crippen molar-refractivity contribution < 1.29 is 9.18 Å². The summed E-state index contributed by atoms with van der Waals surface area (Å²) in [6, 6.07) is 13.7. The Labute approximate surface area is 160 Å². The Bertz CT molecular complexity index is 1040. The number of hydrogen-bond donors (Lipinski definition) is 1. The van der Waals surface area contributed by atoms with E-state index in [4.69, 9.17) is 4.99 Å². The fraction of sp³-hybridized carbons (Fsp3) is 0.250. The van der Waals surface area contributed by atoms with E-state index in [1.807, 2.05) is 24.3 Å². The molecule has 1 unspecified atom stereocenters. The first-order valence-electron chi connectivity index (χ1n) is 8.92. The molecule has 1 atom stereocenters. The van der Waals surface area contributed by atoms with Gasteiger partial charge in [-0.2, -0.15) is 0 Å². The summed E-state index contributed by atoms with van der Waals surface area (Å²) in [5.74, 6) is 0.316. The minimum atomic E-state index is -0.585. The number of nitrogens with zero attached hydrogens (tertiary/aromatic N) is 3. The first-order valence-corrected chi connectivity index (χ1v) is 9.90. The predicted octanol–water partition coefficient (Wildman–Crippen LogP) is 2.50. The Balaban J connectivity index is 1.84. The van der Waals surface area contributed by atoms with Crippen LogP contribution in [0, 0.1) is 5.82 Å². The van der Waals surface area contributed by atoms with Crippen molar-refractivity contribution in [3.8, 4) is 0 Å². The number of benzene rings is 2. The molecule has 2 aliphatic rings. The molecule has 0 aromatic heterocycles. The summed E-state index contributed by atoms with van der Waals surface area (Å²) in [5.41, 5.74) is 1.09. The molecular weight excluding hydrogens is 363 g/mol. The number of hydrogen-bond acceptors (Lipinski definition) is 5. The van der Waals surface area contributed by atoms with Crippen molar-refractivity contribution >= 4 is 28.5 Å². The van der Waals surface area contributed by atoms with Crippen LogP contribution in [0.1, 0.15) is 31.5 Å². The van der Waals surface area contributed by atoms with E-state index in [1.165, 1.54) is 23.9 Å². The van der Waals surface area contributed by atoms with Crippen LogP contribution in [0.3, 0.4) is 0 Å². The smallest absolute Gasteiger partial charge is 0.276 e. The van der Waals surface area contributed by atoms with Crippen molar-refractivity contribution in [2.24, 2.45) is 10.1 Å². The van der Waals surface area contributed by atoms with Gasteiger partial charge in [-0.25, -0.2) is 9.40 Å². The number of carbonyl (C=O) groups is 1. The first kappa shape index (κ1) is 17.7. The van der Waals surface area contributed by atoms with Gasteiger partial charge in [-0.1, -0.05) is 55.4 Å². The zero-order chi connectivity index (χ0) is 18.8. The number of thioether (sulfide) groups is 1. The van der Waals surface area contributed by atoms with Crippen LogP contribution < -0.4 is 15.9 Å². The maximum atomic E-state index is 13.8. The number of amides is 1. The number of para-hydroxylation sites is 1. The van der Waals surface area contributed by atoms with Crippen LogP contribution in [-0.4, -0.2) is 21.8 Å². The fourth-order valence-corrected chi connectivity index (χ4v) is 4.03. The molecule has 0 saturated heterocycles. The third-order valence-electron chi connectivity index (χ3n) is 4.40. The molecule has 0 aliphatic carbocycles. The number of unbranched alkanes of at least 4 members (excludes halogenated alkanes) is 1. The quantitative estimate of drug-likeness (QED) is 0.827. The molecule has 2 aliphatic heterocycles. The minimum absolute atomic E-state index is 0.215. The Hall–Kier alpha value is -2.67. The number of amidine groups is 1. The second kappa shape index (κ2) is 7.52. The van der Waals surface area contributed by atoms with E-state index in [-0.39, 0.29) is 11.7 Å². The van der Waals surface area contributed by atoms with Crippen LogP contribution in [-0.2, 0) is 4.79 Å². The molecule has 4 rings (SSSR count). The number of halogens is 1. The van der Waals surface area contributed by atoms with Gasteiger partial charge in [0.05, 0.1) is 5.36 Å². The number of nitrogens with one attached hydrogen (secondary N) is 1. The standard InChI is InChI=1S/C20H19FN4OS/c1-2-3-11-27-20-23-19(26)17-15-9-4-5-10-16(15)22-18(25(17)24-20)13-7-6-8-14(21)12-13/h4-10,12,18H,2-3,11H2,1H3,(H,23,24,26). The Morgan fingerprint density at radius 1 is 1.22 bits per heavy atom. The van der Waals surface area contributed by atoms with Gasteiger partial charge in [-0.3, -0.25) is 15.1 Å². The van der Waals surface area contributed by atoms with E-state index in [1.54, 1.807) is 17.1 Å². The molecule has 1 N–H and O–H groups in total.